The molecule has 1 aromatic carbocycles. The number of unbranched alkanes of at least 4 members (excludes halogenated alkanes) is 2. The molecule has 1 aromatic heterocycles. The lowest BCUT2D eigenvalue weighted by Crippen LogP contribution is -2.05. The van der Waals surface area contributed by atoms with Crippen LogP contribution in [0.4, 0.5) is 21.8 Å². The van der Waals surface area contributed by atoms with Gasteiger partial charge in [0.15, 0.2) is 0 Å². The summed E-state index contributed by atoms with van der Waals surface area (Å²) in [7, 11) is 0. The molecule has 4 nitrogen and oxygen atoms in total. The molecule has 0 amide bonds. The molecule has 0 aliphatic carbocycles. The fourth-order valence-corrected chi connectivity index (χ4v) is 1.99. The zero-order chi connectivity index (χ0) is 15.1. The normalized spacial score (nSPS) is 10.4. The number of nitrogens with zero attached hydrogens (tertiary/aromatic N) is 2. The van der Waals surface area contributed by atoms with Crippen molar-refractivity contribution < 1.29 is 4.39 Å². The van der Waals surface area contributed by atoms with Gasteiger partial charge < -0.3 is 10.6 Å². The predicted octanol–water partition coefficient (Wildman–Crippen LogP) is 4.61. The monoisotopic (exact) mass is 308 g/mol. The highest BCUT2D eigenvalue weighted by atomic mass is 35.5. The third kappa shape index (κ3) is 4.86. The van der Waals surface area contributed by atoms with Crippen LogP contribution >= 0.6 is 11.6 Å². The Morgan fingerprint density at radius 1 is 1.24 bits per heavy atom. The van der Waals surface area contributed by atoms with Crippen molar-refractivity contribution in [3.63, 3.8) is 0 Å². The summed E-state index contributed by atoms with van der Waals surface area (Å²) in [6, 6.07) is 6.21. The smallest absolute Gasteiger partial charge is 0.229 e. The quantitative estimate of drug-likeness (QED) is 0.733. The molecule has 0 fully saturated rings. The van der Waals surface area contributed by atoms with Gasteiger partial charge in [0.05, 0.1) is 5.02 Å². The maximum Gasteiger partial charge on any atom is 0.229 e. The van der Waals surface area contributed by atoms with E-state index < -0.39 is 5.82 Å². The number of hydrogen-bond donors (Lipinski definition) is 2. The molecule has 21 heavy (non-hydrogen) atoms. The minimum absolute atomic E-state index is 0.0637. The van der Waals surface area contributed by atoms with Crippen molar-refractivity contribution in [1.29, 1.82) is 0 Å². The first kappa shape index (κ1) is 15.5. The Balaban J connectivity index is 1.98. The second kappa shape index (κ2) is 7.78. The molecule has 0 atom stereocenters. The number of aromatic nitrogens is 2. The third-order valence-corrected chi connectivity index (χ3v) is 3.21. The van der Waals surface area contributed by atoms with Gasteiger partial charge in [0.25, 0.3) is 0 Å². The highest BCUT2D eigenvalue weighted by Crippen LogP contribution is 2.21. The number of anilines is 3. The predicted molar refractivity (Wildman–Crippen MR) is 84.7 cm³/mol. The molecule has 2 N–H and O–H groups in total. The highest BCUT2D eigenvalue weighted by molar-refractivity contribution is 6.31. The summed E-state index contributed by atoms with van der Waals surface area (Å²) in [5.74, 6) is 0.754. The topological polar surface area (TPSA) is 49.8 Å². The molecule has 2 aromatic rings. The van der Waals surface area contributed by atoms with Crippen LogP contribution in [0.25, 0.3) is 0 Å². The van der Waals surface area contributed by atoms with Crippen LogP contribution in [-0.2, 0) is 0 Å². The molecule has 1 heterocycles. The average molecular weight is 309 g/mol. The van der Waals surface area contributed by atoms with E-state index in [0.29, 0.717) is 11.6 Å². The summed E-state index contributed by atoms with van der Waals surface area (Å²) in [6.45, 7) is 3.05. The van der Waals surface area contributed by atoms with Crippen LogP contribution in [0.5, 0.6) is 0 Å². The second-order valence-corrected chi connectivity index (χ2v) is 5.06. The highest BCUT2D eigenvalue weighted by Gasteiger charge is 2.03. The van der Waals surface area contributed by atoms with Gasteiger partial charge in [-0.15, -0.1) is 0 Å². The first-order chi connectivity index (χ1) is 10.2. The summed E-state index contributed by atoms with van der Waals surface area (Å²) in [5, 5.41) is 6.31. The van der Waals surface area contributed by atoms with Crippen LogP contribution in [0.3, 0.4) is 0 Å². The number of nitrogens with one attached hydrogen (secondary N) is 2. The Labute approximate surface area is 128 Å². The number of benzene rings is 1. The Bertz CT molecular complexity index is 592. The summed E-state index contributed by atoms with van der Waals surface area (Å²) in [4.78, 5) is 8.48. The van der Waals surface area contributed by atoms with E-state index >= 15 is 0 Å². The number of hydrogen-bond acceptors (Lipinski definition) is 4. The van der Waals surface area contributed by atoms with Crippen LogP contribution in [0, 0.1) is 5.82 Å². The van der Waals surface area contributed by atoms with Crippen LogP contribution in [0.15, 0.2) is 30.5 Å². The number of halogens is 2. The Kier molecular flexibility index (Phi) is 5.75. The van der Waals surface area contributed by atoms with Crippen LogP contribution in [0.1, 0.15) is 26.2 Å². The van der Waals surface area contributed by atoms with Gasteiger partial charge in [0, 0.05) is 18.4 Å². The molecule has 0 saturated carbocycles. The lowest BCUT2D eigenvalue weighted by atomic mass is 10.2. The molecule has 112 valence electrons. The van der Waals surface area contributed by atoms with E-state index in [1.165, 1.54) is 25.0 Å². The molecule has 0 unspecified atom stereocenters. The van der Waals surface area contributed by atoms with Crippen molar-refractivity contribution in [3.05, 3.63) is 41.3 Å². The van der Waals surface area contributed by atoms with Gasteiger partial charge in [-0.3, -0.25) is 0 Å². The Hall–Kier alpha value is -1.88. The minimum atomic E-state index is -0.450. The molecule has 0 saturated heterocycles. The molecule has 0 radical (unpaired) electrons. The van der Waals surface area contributed by atoms with Crippen LogP contribution in [0.2, 0.25) is 5.02 Å². The molecular formula is C15H18ClFN4. The van der Waals surface area contributed by atoms with E-state index in [4.69, 9.17) is 11.6 Å². The van der Waals surface area contributed by atoms with Crippen molar-refractivity contribution in [2.24, 2.45) is 0 Å². The van der Waals surface area contributed by atoms with Crippen molar-refractivity contribution in [1.82, 2.24) is 9.97 Å². The van der Waals surface area contributed by atoms with Crippen molar-refractivity contribution in [3.8, 4) is 0 Å². The summed E-state index contributed by atoms with van der Waals surface area (Å²) in [5.41, 5.74) is 0.643. The zero-order valence-electron chi connectivity index (χ0n) is 11.9. The maximum absolute atomic E-state index is 13.1. The van der Waals surface area contributed by atoms with Gasteiger partial charge in [0.1, 0.15) is 11.6 Å². The van der Waals surface area contributed by atoms with Gasteiger partial charge >= 0.3 is 0 Å². The fraction of sp³-hybridized carbons (Fsp3) is 0.333. The molecule has 6 heteroatoms. The Morgan fingerprint density at radius 2 is 2.10 bits per heavy atom. The van der Waals surface area contributed by atoms with Gasteiger partial charge in [-0.05, 0) is 30.7 Å². The Morgan fingerprint density at radius 3 is 2.86 bits per heavy atom. The van der Waals surface area contributed by atoms with E-state index in [0.717, 1.165) is 18.8 Å². The van der Waals surface area contributed by atoms with Crippen molar-refractivity contribution in [2.75, 3.05) is 17.2 Å². The maximum atomic E-state index is 13.1. The van der Waals surface area contributed by atoms with Gasteiger partial charge in [-0.2, -0.15) is 4.98 Å². The van der Waals surface area contributed by atoms with Crippen molar-refractivity contribution in [2.45, 2.75) is 26.2 Å². The first-order valence-corrected chi connectivity index (χ1v) is 7.36. The van der Waals surface area contributed by atoms with Crippen LogP contribution in [-0.4, -0.2) is 16.5 Å². The molecule has 0 spiro atoms. The van der Waals surface area contributed by atoms with E-state index in [-0.39, 0.29) is 5.02 Å². The van der Waals surface area contributed by atoms with Gasteiger partial charge in [-0.1, -0.05) is 31.4 Å². The summed E-state index contributed by atoms with van der Waals surface area (Å²) < 4.78 is 13.1. The second-order valence-electron chi connectivity index (χ2n) is 4.65. The van der Waals surface area contributed by atoms with E-state index in [1.807, 2.05) is 6.07 Å². The zero-order valence-corrected chi connectivity index (χ0v) is 12.6. The lowest BCUT2D eigenvalue weighted by Gasteiger charge is -2.08. The lowest BCUT2D eigenvalue weighted by molar-refractivity contribution is 0.628. The fourth-order valence-electron chi connectivity index (χ4n) is 1.81. The minimum Gasteiger partial charge on any atom is -0.370 e. The number of rotatable bonds is 7. The van der Waals surface area contributed by atoms with Crippen molar-refractivity contribution >= 4 is 29.1 Å². The SMILES string of the molecule is CCCCCNc1ccnc(Nc2ccc(F)c(Cl)c2)n1. The molecule has 2 rings (SSSR count). The van der Waals surface area contributed by atoms with Gasteiger partial charge in [0.2, 0.25) is 5.95 Å². The first-order valence-electron chi connectivity index (χ1n) is 6.98. The third-order valence-electron chi connectivity index (χ3n) is 2.92. The largest absolute Gasteiger partial charge is 0.370 e. The molecule has 0 aliphatic rings. The standard InChI is InChI=1S/C15H18ClFN4/c1-2-3-4-8-18-14-7-9-19-15(21-14)20-11-5-6-13(17)12(16)10-11/h5-7,9-10H,2-4,8H2,1H3,(H2,18,19,20,21). The van der Waals surface area contributed by atoms with E-state index in [1.54, 1.807) is 12.3 Å². The van der Waals surface area contributed by atoms with Gasteiger partial charge in [-0.25, -0.2) is 9.37 Å². The van der Waals surface area contributed by atoms with Crippen LogP contribution < -0.4 is 10.6 Å². The van der Waals surface area contributed by atoms with E-state index in [9.17, 15) is 4.39 Å². The van der Waals surface area contributed by atoms with E-state index in [2.05, 4.69) is 27.5 Å². The molecule has 0 bridgehead atoms. The molecule has 0 aliphatic heterocycles. The summed E-state index contributed by atoms with van der Waals surface area (Å²) in [6.07, 6.45) is 5.15. The molecular weight excluding hydrogens is 291 g/mol. The average Bonchev–Trinajstić information content (AvgIpc) is 2.48. The summed E-state index contributed by atoms with van der Waals surface area (Å²) >= 11 is 5.74.